The van der Waals surface area contributed by atoms with Gasteiger partial charge in [0.2, 0.25) is 9.84 Å². The molecule has 0 saturated carbocycles. The van der Waals surface area contributed by atoms with Gasteiger partial charge in [-0.15, -0.1) is 11.3 Å². The molecule has 3 aromatic rings. The van der Waals surface area contributed by atoms with Gasteiger partial charge < -0.3 is 5.11 Å². The normalized spacial score (nSPS) is 15.9. The molecule has 0 radical (unpaired) electrons. The van der Waals surface area contributed by atoms with Crippen LogP contribution >= 0.6 is 11.3 Å². The minimum atomic E-state index is -4.43. The first-order valence-corrected chi connectivity index (χ1v) is 15.9. The molecular formula is C22H20N2O9S4. The molecule has 15 heteroatoms. The highest BCUT2D eigenvalue weighted by Crippen LogP contribution is 2.31. The topological polar surface area (TPSA) is 172 Å². The molecule has 1 aromatic heterocycles. The highest BCUT2D eigenvalue weighted by molar-refractivity contribution is 7.95. The number of hydrogen-bond donors (Lipinski definition) is 2. The van der Waals surface area contributed by atoms with Crippen molar-refractivity contribution in [2.45, 2.75) is 37.1 Å². The molecule has 1 atom stereocenters. The molecule has 0 bridgehead atoms. The van der Waals surface area contributed by atoms with Crippen molar-refractivity contribution in [2.24, 2.45) is 0 Å². The Labute approximate surface area is 217 Å². The van der Waals surface area contributed by atoms with Gasteiger partial charge in [-0.25, -0.2) is 29.6 Å². The van der Waals surface area contributed by atoms with E-state index in [4.69, 9.17) is 0 Å². The lowest BCUT2D eigenvalue weighted by Crippen LogP contribution is -2.41. The maximum atomic E-state index is 12.8. The van der Waals surface area contributed by atoms with Gasteiger partial charge in [-0.05, 0) is 49.2 Å². The number of sulfone groups is 1. The van der Waals surface area contributed by atoms with Gasteiger partial charge in [-0.2, -0.15) is 4.72 Å². The molecule has 2 aromatic carbocycles. The Bertz CT molecular complexity index is 1680. The van der Waals surface area contributed by atoms with Crippen molar-refractivity contribution in [3.05, 3.63) is 72.3 Å². The van der Waals surface area contributed by atoms with Gasteiger partial charge in [0, 0.05) is 6.54 Å². The van der Waals surface area contributed by atoms with Crippen LogP contribution in [0.25, 0.3) is 0 Å². The Morgan fingerprint density at radius 1 is 0.946 bits per heavy atom. The number of rotatable bonds is 10. The lowest BCUT2D eigenvalue weighted by Gasteiger charge is -2.17. The van der Waals surface area contributed by atoms with E-state index in [1.807, 2.05) is 4.72 Å². The molecular weight excluding hydrogens is 565 g/mol. The molecule has 0 aliphatic carbocycles. The maximum absolute atomic E-state index is 12.8. The summed E-state index contributed by atoms with van der Waals surface area (Å²) >= 11 is 0.469. The first kappa shape index (κ1) is 26.9. The molecule has 1 aliphatic rings. The van der Waals surface area contributed by atoms with Crippen LogP contribution < -0.4 is 4.72 Å². The molecule has 2 heterocycles. The summed E-state index contributed by atoms with van der Waals surface area (Å²) in [5.74, 6) is -2.26. The molecule has 37 heavy (non-hydrogen) atoms. The van der Waals surface area contributed by atoms with E-state index in [9.17, 15) is 39.9 Å². The second-order valence-corrected chi connectivity index (χ2v) is 15.0. The summed E-state index contributed by atoms with van der Waals surface area (Å²) in [4.78, 5) is 24.1. The van der Waals surface area contributed by atoms with Gasteiger partial charge >= 0.3 is 5.97 Å². The lowest BCUT2D eigenvalue weighted by atomic mass is 10.1. The van der Waals surface area contributed by atoms with E-state index < -0.39 is 52.0 Å². The number of nitrogens with zero attached hydrogens (tertiary/aromatic N) is 1. The molecule has 0 spiro atoms. The van der Waals surface area contributed by atoms with Crippen LogP contribution in [0.2, 0.25) is 0 Å². The first-order valence-electron chi connectivity index (χ1n) is 10.7. The van der Waals surface area contributed by atoms with Crippen LogP contribution in [0.5, 0.6) is 0 Å². The summed E-state index contributed by atoms with van der Waals surface area (Å²) < 4.78 is 78.4. The molecule has 4 rings (SSSR count). The number of carbonyl (C=O) groups excluding carboxylic acids is 1. The van der Waals surface area contributed by atoms with Crippen molar-refractivity contribution in [2.75, 3.05) is 6.54 Å². The molecule has 0 saturated heterocycles. The Hall–Kier alpha value is -3.11. The molecule has 0 unspecified atom stereocenters. The number of carboxylic acid groups (broad SMARTS) is 1. The van der Waals surface area contributed by atoms with Crippen LogP contribution in [-0.4, -0.2) is 59.1 Å². The zero-order valence-electron chi connectivity index (χ0n) is 18.8. The summed E-state index contributed by atoms with van der Waals surface area (Å²) in [7, 11) is -12.5. The fraction of sp³-hybridized carbons (Fsp3) is 0.182. The number of fused-ring (bicyclic) bond motifs is 1. The summed E-state index contributed by atoms with van der Waals surface area (Å²) in [5, 5.41) is 9.54. The quantitative estimate of drug-likeness (QED) is 0.361. The van der Waals surface area contributed by atoms with E-state index in [0.717, 1.165) is 12.1 Å². The number of amides is 1. The number of carboxylic acids is 1. The van der Waals surface area contributed by atoms with Crippen LogP contribution in [0.15, 0.2) is 84.9 Å². The molecule has 196 valence electrons. The highest BCUT2D eigenvalue weighted by atomic mass is 32.3. The van der Waals surface area contributed by atoms with Gasteiger partial charge in [0.1, 0.15) is 19.4 Å². The largest absolute Gasteiger partial charge is 0.480 e. The van der Waals surface area contributed by atoms with Crippen molar-refractivity contribution in [1.29, 1.82) is 0 Å². The number of thiophene rings is 1. The fourth-order valence-electron chi connectivity index (χ4n) is 3.68. The number of aliphatic carboxylic acids is 1. The number of sulfonamides is 2. The van der Waals surface area contributed by atoms with Crippen LogP contribution in [0.3, 0.4) is 0 Å². The second kappa shape index (κ2) is 9.98. The third-order valence-electron chi connectivity index (χ3n) is 5.50. The van der Waals surface area contributed by atoms with Crippen LogP contribution in [0.1, 0.15) is 23.2 Å². The fourth-order valence-corrected chi connectivity index (χ4v) is 9.71. The number of benzene rings is 2. The smallest absolute Gasteiger partial charge is 0.321 e. The van der Waals surface area contributed by atoms with Crippen molar-refractivity contribution < 1.29 is 39.9 Å². The van der Waals surface area contributed by atoms with E-state index in [0.29, 0.717) is 15.6 Å². The summed E-state index contributed by atoms with van der Waals surface area (Å²) in [6, 6.07) is 13.6. The summed E-state index contributed by atoms with van der Waals surface area (Å²) in [6.07, 6.45) is -0.471. The molecule has 11 nitrogen and oxygen atoms in total. The Kier molecular flexibility index (Phi) is 7.27. The Balaban J connectivity index is 1.46. The monoisotopic (exact) mass is 584 g/mol. The average Bonchev–Trinajstić information content (AvgIpc) is 3.44. The minimum Gasteiger partial charge on any atom is -0.480 e. The van der Waals surface area contributed by atoms with Crippen LogP contribution in [0.4, 0.5) is 0 Å². The third kappa shape index (κ3) is 5.17. The van der Waals surface area contributed by atoms with Gasteiger partial charge in [0.15, 0.2) is 0 Å². The van der Waals surface area contributed by atoms with Gasteiger partial charge in [-0.3, -0.25) is 9.59 Å². The number of nitrogens with one attached hydrogen (secondary N) is 1. The van der Waals surface area contributed by atoms with Crippen LogP contribution in [-0.2, 0) is 34.7 Å². The SMILES string of the molecule is O=C(O)[C@@H](CCCN1C(=O)c2ccccc2S1(=O)=O)NS(=O)(=O)c1ccc(S(=O)(=O)c2ccccc2)s1. The maximum Gasteiger partial charge on any atom is 0.321 e. The molecule has 1 amide bonds. The van der Waals surface area contributed by atoms with Crippen molar-refractivity contribution >= 4 is 53.1 Å². The van der Waals surface area contributed by atoms with Gasteiger partial charge in [0.25, 0.3) is 26.0 Å². The summed E-state index contributed by atoms with van der Waals surface area (Å²) in [5.41, 5.74) is 0.0111. The van der Waals surface area contributed by atoms with Crippen molar-refractivity contribution in [3.8, 4) is 0 Å². The molecule has 2 N–H and O–H groups in total. The zero-order valence-corrected chi connectivity index (χ0v) is 22.1. The molecule has 1 aliphatic heterocycles. The summed E-state index contributed by atoms with van der Waals surface area (Å²) in [6.45, 7) is -0.347. The van der Waals surface area contributed by atoms with E-state index in [2.05, 4.69) is 0 Å². The number of hydrogen-bond acceptors (Lipinski definition) is 9. The van der Waals surface area contributed by atoms with Crippen molar-refractivity contribution in [1.82, 2.24) is 9.03 Å². The lowest BCUT2D eigenvalue weighted by molar-refractivity contribution is -0.139. The van der Waals surface area contributed by atoms with Crippen molar-refractivity contribution in [3.63, 3.8) is 0 Å². The van der Waals surface area contributed by atoms with Crippen LogP contribution in [0, 0.1) is 0 Å². The van der Waals surface area contributed by atoms with E-state index in [1.54, 1.807) is 6.07 Å². The van der Waals surface area contributed by atoms with Gasteiger partial charge in [-0.1, -0.05) is 30.3 Å². The van der Waals surface area contributed by atoms with Gasteiger partial charge in [0.05, 0.1) is 10.5 Å². The average molecular weight is 585 g/mol. The van der Waals surface area contributed by atoms with E-state index in [-0.39, 0.29) is 38.9 Å². The number of carbonyl (C=O) groups is 2. The zero-order chi connectivity index (χ0) is 27.0. The highest BCUT2D eigenvalue weighted by Gasteiger charge is 2.40. The Morgan fingerprint density at radius 2 is 1.57 bits per heavy atom. The Morgan fingerprint density at radius 3 is 2.22 bits per heavy atom. The van der Waals surface area contributed by atoms with E-state index in [1.165, 1.54) is 48.5 Å². The predicted molar refractivity (Wildman–Crippen MR) is 132 cm³/mol. The predicted octanol–water partition coefficient (Wildman–Crippen LogP) is 1.94. The third-order valence-corrected chi connectivity index (χ3v) is 12.7. The molecule has 0 fully saturated rings. The standard InChI is InChI=1S/C22H20N2O9S4/c25-21-16-9-4-5-11-18(16)37(32,33)24(21)14-6-10-17(22(26)27)23-36(30,31)20-13-12-19(34-20)35(28,29)15-7-2-1-3-8-15/h1-5,7-9,11-13,17,23H,6,10,14H2,(H,26,27)/t17-/m1/s1. The second-order valence-electron chi connectivity index (χ2n) is 7.92. The minimum absolute atomic E-state index is 0.0111. The first-order chi connectivity index (χ1) is 17.4. The van der Waals surface area contributed by atoms with E-state index >= 15 is 0 Å².